The Labute approximate surface area is 133 Å². The molecule has 2 atom stereocenters. The first kappa shape index (κ1) is 17.2. The molecule has 5 nitrogen and oxygen atoms in total. The van der Waals surface area contributed by atoms with E-state index in [9.17, 15) is 8.42 Å². The van der Waals surface area contributed by atoms with Gasteiger partial charge in [0.1, 0.15) is 5.75 Å². The Morgan fingerprint density at radius 1 is 1.23 bits per heavy atom. The van der Waals surface area contributed by atoms with Gasteiger partial charge in [0.05, 0.1) is 11.5 Å². The molecule has 0 bridgehead atoms. The smallest absolute Gasteiger partial charge is 0.240 e. The summed E-state index contributed by atoms with van der Waals surface area (Å²) in [6.07, 6.45) is 4.95. The molecule has 0 aliphatic heterocycles. The first-order valence-electron chi connectivity index (χ1n) is 8.02. The summed E-state index contributed by atoms with van der Waals surface area (Å²) < 4.78 is 33.3. The summed E-state index contributed by atoms with van der Waals surface area (Å²) in [5, 5.41) is 0. The van der Waals surface area contributed by atoms with E-state index in [1.54, 1.807) is 24.3 Å². The van der Waals surface area contributed by atoms with E-state index in [1.807, 2.05) is 6.92 Å². The molecule has 2 unspecified atom stereocenters. The molecule has 1 fully saturated rings. The normalized spacial score (nSPS) is 22.5. The standard InChI is InChI=1S/C16H26N2O3S/c1-2-11-21-14-7-9-15(10-8-14)22(19,20)18-16-6-4-3-5-13(16)12-17/h7-10,13,16,18H,2-6,11-12,17H2,1H3. The Morgan fingerprint density at radius 3 is 2.55 bits per heavy atom. The van der Waals surface area contributed by atoms with E-state index in [1.165, 1.54) is 0 Å². The van der Waals surface area contributed by atoms with Gasteiger partial charge in [-0.3, -0.25) is 0 Å². The van der Waals surface area contributed by atoms with Crippen molar-refractivity contribution in [3.8, 4) is 5.75 Å². The minimum atomic E-state index is -3.50. The number of nitrogens with one attached hydrogen (secondary N) is 1. The lowest BCUT2D eigenvalue weighted by atomic mass is 9.85. The molecule has 22 heavy (non-hydrogen) atoms. The maximum atomic E-state index is 12.5. The molecule has 0 amide bonds. The lowest BCUT2D eigenvalue weighted by Crippen LogP contribution is -2.44. The van der Waals surface area contributed by atoms with E-state index in [4.69, 9.17) is 10.5 Å². The Bertz CT molecular complexity index is 557. The quantitative estimate of drug-likeness (QED) is 0.805. The molecule has 0 aromatic heterocycles. The Hall–Kier alpha value is -1.11. The van der Waals surface area contributed by atoms with Crippen molar-refractivity contribution in [2.75, 3.05) is 13.2 Å². The van der Waals surface area contributed by atoms with Crippen LogP contribution in [0.1, 0.15) is 39.0 Å². The minimum absolute atomic E-state index is 0.0558. The van der Waals surface area contributed by atoms with E-state index in [0.29, 0.717) is 18.9 Å². The predicted octanol–water partition coefficient (Wildman–Crippen LogP) is 2.27. The Kier molecular flexibility index (Phi) is 6.23. The molecule has 1 aliphatic carbocycles. The van der Waals surface area contributed by atoms with Crippen LogP contribution < -0.4 is 15.2 Å². The van der Waals surface area contributed by atoms with E-state index in [2.05, 4.69) is 4.72 Å². The van der Waals surface area contributed by atoms with Crippen LogP contribution in [-0.4, -0.2) is 27.6 Å². The summed E-state index contributed by atoms with van der Waals surface area (Å²) in [6.45, 7) is 3.18. The maximum absolute atomic E-state index is 12.5. The number of benzene rings is 1. The third kappa shape index (κ3) is 4.44. The van der Waals surface area contributed by atoms with Crippen LogP contribution in [0.4, 0.5) is 0 Å². The highest BCUT2D eigenvalue weighted by atomic mass is 32.2. The van der Waals surface area contributed by atoms with Crippen LogP contribution in [0.2, 0.25) is 0 Å². The third-order valence-corrected chi connectivity index (χ3v) is 5.63. The fourth-order valence-electron chi connectivity index (χ4n) is 2.85. The van der Waals surface area contributed by atoms with Crippen molar-refractivity contribution in [1.82, 2.24) is 4.72 Å². The van der Waals surface area contributed by atoms with Crippen LogP contribution >= 0.6 is 0 Å². The van der Waals surface area contributed by atoms with Crippen LogP contribution in [0, 0.1) is 5.92 Å². The molecule has 124 valence electrons. The fraction of sp³-hybridized carbons (Fsp3) is 0.625. The Morgan fingerprint density at radius 2 is 1.91 bits per heavy atom. The number of hydrogen-bond donors (Lipinski definition) is 2. The molecule has 1 aromatic rings. The van der Waals surface area contributed by atoms with Gasteiger partial charge in [0.2, 0.25) is 10.0 Å². The van der Waals surface area contributed by atoms with Crippen LogP contribution in [0.15, 0.2) is 29.2 Å². The number of sulfonamides is 1. The van der Waals surface area contributed by atoms with Gasteiger partial charge in [-0.25, -0.2) is 13.1 Å². The highest BCUT2D eigenvalue weighted by Crippen LogP contribution is 2.25. The predicted molar refractivity (Wildman–Crippen MR) is 87.3 cm³/mol. The molecule has 1 aliphatic rings. The summed E-state index contributed by atoms with van der Waals surface area (Å²) in [7, 11) is -3.50. The van der Waals surface area contributed by atoms with Crippen molar-refractivity contribution in [2.45, 2.75) is 50.0 Å². The van der Waals surface area contributed by atoms with Crippen LogP contribution in [0.5, 0.6) is 5.75 Å². The highest BCUT2D eigenvalue weighted by Gasteiger charge is 2.28. The van der Waals surface area contributed by atoms with Gasteiger partial charge < -0.3 is 10.5 Å². The van der Waals surface area contributed by atoms with Crippen molar-refractivity contribution in [3.63, 3.8) is 0 Å². The first-order chi connectivity index (χ1) is 10.6. The van der Waals surface area contributed by atoms with E-state index >= 15 is 0 Å². The van der Waals surface area contributed by atoms with Crippen molar-refractivity contribution < 1.29 is 13.2 Å². The second-order valence-corrected chi connectivity index (χ2v) is 7.54. The van der Waals surface area contributed by atoms with Gasteiger partial charge in [0.25, 0.3) is 0 Å². The van der Waals surface area contributed by atoms with Crippen molar-refractivity contribution in [1.29, 1.82) is 0 Å². The monoisotopic (exact) mass is 326 g/mol. The summed E-state index contributed by atoms with van der Waals surface area (Å²) in [5.41, 5.74) is 5.77. The lowest BCUT2D eigenvalue weighted by molar-refractivity contribution is 0.296. The molecule has 0 saturated heterocycles. The number of nitrogens with two attached hydrogens (primary N) is 1. The van der Waals surface area contributed by atoms with Crippen LogP contribution in [0.25, 0.3) is 0 Å². The molecule has 1 aromatic carbocycles. The lowest BCUT2D eigenvalue weighted by Gasteiger charge is -2.31. The number of rotatable bonds is 7. The van der Waals surface area contributed by atoms with Gasteiger partial charge in [-0.05, 0) is 56.0 Å². The largest absolute Gasteiger partial charge is 0.494 e. The molecule has 1 saturated carbocycles. The molecule has 6 heteroatoms. The minimum Gasteiger partial charge on any atom is -0.494 e. The average Bonchev–Trinajstić information content (AvgIpc) is 2.53. The van der Waals surface area contributed by atoms with E-state index in [-0.39, 0.29) is 16.9 Å². The number of ether oxygens (including phenoxy) is 1. The van der Waals surface area contributed by atoms with Gasteiger partial charge >= 0.3 is 0 Å². The average molecular weight is 326 g/mol. The van der Waals surface area contributed by atoms with E-state index < -0.39 is 10.0 Å². The van der Waals surface area contributed by atoms with Crippen molar-refractivity contribution >= 4 is 10.0 Å². The second-order valence-electron chi connectivity index (χ2n) is 5.83. The van der Waals surface area contributed by atoms with E-state index in [0.717, 1.165) is 32.1 Å². The molecule has 0 spiro atoms. The zero-order chi connectivity index (χ0) is 16.0. The van der Waals surface area contributed by atoms with Crippen molar-refractivity contribution in [2.24, 2.45) is 11.7 Å². The summed E-state index contributed by atoms with van der Waals surface area (Å²) in [4.78, 5) is 0.276. The fourth-order valence-corrected chi connectivity index (χ4v) is 4.19. The topological polar surface area (TPSA) is 81.4 Å². The number of hydrogen-bond acceptors (Lipinski definition) is 4. The van der Waals surface area contributed by atoms with Gasteiger partial charge in [0.15, 0.2) is 0 Å². The maximum Gasteiger partial charge on any atom is 0.240 e. The van der Waals surface area contributed by atoms with Gasteiger partial charge in [-0.1, -0.05) is 19.8 Å². The first-order valence-corrected chi connectivity index (χ1v) is 9.50. The third-order valence-electron chi connectivity index (χ3n) is 4.13. The van der Waals surface area contributed by atoms with Gasteiger partial charge in [0, 0.05) is 6.04 Å². The molecule has 0 heterocycles. The van der Waals surface area contributed by atoms with Crippen molar-refractivity contribution in [3.05, 3.63) is 24.3 Å². The molecule has 3 N–H and O–H groups in total. The van der Waals surface area contributed by atoms with Gasteiger partial charge in [-0.2, -0.15) is 0 Å². The van der Waals surface area contributed by atoms with Crippen LogP contribution in [-0.2, 0) is 10.0 Å². The van der Waals surface area contributed by atoms with Crippen LogP contribution in [0.3, 0.4) is 0 Å². The summed E-state index contributed by atoms with van der Waals surface area (Å²) in [6, 6.07) is 6.53. The molecular weight excluding hydrogens is 300 g/mol. The zero-order valence-corrected chi connectivity index (χ0v) is 13.9. The summed E-state index contributed by atoms with van der Waals surface area (Å²) in [5.74, 6) is 0.925. The molecular formula is C16H26N2O3S. The highest BCUT2D eigenvalue weighted by molar-refractivity contribution is 7.89. The molecule has 0 radical (unpaired) electrons. The summed E-state index contributed by atoms with van der Waals surface area (Å²) >= 11 is 0. The molecule has 2 rings (SSSR count). The van der Waals surface area contributed by atoms with Gasteiger partial charge in [-0.15, -0.1) is 0 Å². The zero-order valence-electron chi connectivity index (χ0n) is 13.1. The SMILES string of the molecule is CCCOc1ccc(S(=O)(=O)NC2CCCCC2CN)cc1. The second kappa shape index (κ2) is 7.94. The Balaban J connectivity index is 2.05.